The van der Waals surface area contributed by atoms with E-state index in [2.05, 4.69) is 0 Å². The number of carboxylic acids is 1. The molecule has 0 aromatic heterocycles. The zero-order valence-electron chi connectivity index (χ0n) is 9.50. The first-order chi connectivity index (χ1) is 8.65. The minimum atomic E-state index is -1.25. The van der Waals surface area contributed by atoms with Crippen molar-refractivity contribution in [3.05, 3.63) is 48.5 Å². The Morgan fingerprint density at radius 1 is 1.00 bits per heavy atom. The lowest BCUT2D eigenvalue weighted by Crippen LogP contribution is -2.28. The van der Waals surface area contributed by atoms with Gasteiger partial charge in [-0.25, -0.2) is 0 Å². The Kier molecular flexibility index (Phi) is 3.48. The molecular formula is C14H11O4-. The summed E-state index contributed by atoms with van der Waals surface area (Å²) in [4.78, 5) is 10.2. The number of rotatable bonds is 4. The standard InChI is InChI=1S/C14H12O4/c15-12-5-1-10(2-6-12)11-3-7-13(8-4-11)18-9-14(16)17/h1-8,15H,9H2,(H,16,17)/p-1. The van der Waals surface area contributed by atoms with Crippen LogP contribution in [0.5, 0.6) is 11.5 Å². The average Bonchev–Trinajstić information content (AvgIpc) is 2.38. The summed E-state index contributed by atoms with van der Waals surface area (Å²) in [5, 5.41) is 19.4. The zero-order valence-corrected chi connectivity index (χ0v) is 9.50. The highest BCUT2D eigenvalue weighted by Gasteiger charge is 1.99. The van der Waals surface area contributed by atoms with E-state index in [0.29, 0.717) is 5.75 Å². The minimum Gasteiger partial charge on any atom is -0.546 e. The molecule has 0 aliphatic rings. The molecule has 2 rings (SSSR count). The fraction of sp³-hybridized carbons (Fsp3) is 0.0714. The Bertz CT molecular complexity index is 529. The summed E-state index contributed by atoms with van der Waals surface area (Å²) in [5.41, 5.74) is 1.91. The van der Waals surface area contributed by atoms with Gasteiger partial charge in [0.05, 0.1) is 5.97 Å². The molecule has 0 fully saturated rings. The number of aliphatic carboxylic acids is 1. The van der Waals surface area contributed by atoms with Crippen LogP contribution in [-0.4, -0.2) is 17.7 Å². The van der Waals surface area contributed by atoms with Crippen LogP contribution in [0.4, 0.5) is 0 Å². The van der Waals surface area contributed by atoms with Crippen LogP contribution in [0.15, 0.2) is 48.5 Å². The van der Waals surface area contributed by atoms with Gasteiger partial charge in [0.1, 0.15) is 18.1 Å². The number of carbonyl (C=O) groups is 1. The summed E-state index contributed by atoms with van der Waals surface area (Å²) in [5.74, 6) is -0.563. The lowest BCUT2D eigenvalue weighted by atomic mass is 10.1. The largest absolute Gasteiger partial charge is 0.546 e. The molecule has 0 saturated heterocycles. The zero-order chi connectivity index (χ0) is 13.0. The molecule has 0 saturated carbocycles. The first-order valence-electron chi connectivity index (χ1n) is 5.37. The van der Waals surface area contributed by atoms with Crippen molar-refractivity contribution in [3.63, 3.8) is 0 Å². The van der Waals surface area contributed by atoms with Gasteiger partial charge in [-0.2, -0.15) is 0 Å². The minimum absolute atomic E-state index is 0.215. The molecule has 0 spiro atoms. The predicted octanol–water partition coefficient (Wildman–Crippen LogP) is 1.19. The fourth-order valence-corrected chi connectivity index (χ4v) is 1.54. The highest BCUT2D eigenvalue weighted by molar-refractivity contribution is 5.67. The molecule has 92 valence electrons. The van der Waals surface area contributed by atoms with Crippen molar-refractivity contribution in [2.75, 3.05) is 6.61 Å². The Balaban J connectivity index is 2.12. The molecule has 0 heterocycles. The van der Waals surface area contributed by atoms with E-state index in [-0.39, 0.29) is 5.75 Å². The maximum Gasteiger partial charge on any atom is 0.128 e. The van der Waals surface area contributed by atoms with Crippen molar-refractivity contribution in [1.29, 1.82) is 0 Å². The van der Waals surface area contributed by atoms with Gasteiger partial charge in [-0.1, -0.05) is 24.3 Å². The second-order valence-corrected chi connectivity index (χ2v) is 3.73. The number of ether oxygens (including phenoxy) is 1. The SMILES string of the molecule is O=C([O-])COc1ccc(-c2ccc(O)cc2)cc1. The van der Waals surface area contributed by atoms with Crippen LogP contribution in [0.3, 0.4) is 0 Å². The van der Waals surface area contributed by atoms with Crippen molar-refractivity contribution >= 4 is 5.97 Å². The van der Waals surface area contributed by atoms with Crippen LogP contribution in [0, 0.1) is 0 Å². The van der Waals surface area contributed by atoms with E-state index in [9.17, 15) is 15.0 Å². The van der Waals surface area contributed by atoms with E-state index >= 15 is 0 Å². The van der Waals surface area contributed by atoms with Gasteiger partial charge in [-0.15, -0.1) is 0 Å². The number of phenolic OH excluding ortho intramolecular Hbond substituents is 1. The van der Waals surface area contributed by atoms with Gasteiger partial charge >= 0.3 is 0 Å². The molecule has 0 unspecified atom stereocenters. The van der Waals surface area contributed by atoms with Crippen molar-refractivity contribution in [1.82, 2.24) is 0 Å². The van der Waals surface area contributed by atoms with E-state index in [4.69, 9.17) is 4.74 Å². The van der Waals surface area contributed by atoms with Gasteiger partial charge in [-0.05, 0) is 35.4 Å². The molecule has 2 aromatic carbocycles. The van der Waals surface area contributed by atoms with E-state index in [1.165, 1.54) is 0 Å². The Labute approximate surface area is 104 Å². The number of aromatic hydroxyl groups is 1. The monoisotopic (exact) mass is 243 g/mol. The second-order valence-electron chi connectivity index (χ2n) is 3.73. The summed E-state index contributed by atoms with van der Waals surface area (Å²) in [6, 6.07) is 13.8. The maximum absolute atomic E-state index is 10.2. The molecule has 0 aliphatic heterocycles. The summed E-state index contributed by atoms with van der Waals surface area (Å²) in [7, 11) is 0. The topological polar surface area (TPSA) is 69.6 Å². The molecule has 18 heavy (non-hydrogen) atoms. The number of phenols is 1. The first kappa shape index (κ1) is 12.0. The number of benzene rings is 2. The summed E-state index contributed by atoms with van der Waals surface area (Å²) in [6.07, 6.45) is 0. The first-order valence-corrected chi connectivity index (χ1v) is 5.37. The van der Waals surface area contributed by atoms with E-state index < -0.39 is 12.6 Å². The number of carbonyl (C=O) groups excluding carboxylic acids is 1. The van der Waals surface area contributed by atoms with Crippen LogP contribution >= 0.6 is 0 Å². The summed E-state index contributed by atoms with van der Waals surface area (Å²) in [6.45, 7) is -0.460. The lowest BCUT2D eigenvalue weighted by molar-refractivity contribution is -0.307. The van der Waals surface area contributed by atoms with Crippen LogP contribution in [-0.2, 0) is 4.79 Å². The van der Waals surface area contributed by atoms with Gasteiger partial charge in [0.25, 0.3) is 0 Å². The van der Waals surface area contributed by atoms with Crippen molar-refractivity contribution < 1.29 is 19.7 Å². The Hall–Kier alpha value is -2.49. The highest BCUT2D eigenvalue weighted by atomic mass is 16.5. The number of hydrogen-bond acceptors (Lipinski definition) is 4. The van der Waals surface area contributed by atoms with Crippen molar-refractivity contribution in [3.8, 4) is 22.6 Å². The molecule has 4 heteroatoms. The van der Waals surface area contributed by atoms with Crippen LogP contribution in [0.1, 0.15) is 0 Å². The molecule has 0 aliphatic carbocycles. The smallest absolute Gasteiger partial charge is 0.128 e. The van der Waals surface area contributed by atoms with Crippen molar-refractivity contribution in [2.45, 2.75) is 0 Å². The quantitative estimate of drug-likeness (QED) is 0.875. The molecule has 0 amide bonds. The maximum atomic E-state index is 10.2. The molecule has 4 nitrogen and oxygen atoms in total. The molecule has 2 aromatic rings. The molecule has 0 atom stereocenters. The summed E-state index contributed by atoms with van der Waals surface area (Å²) >= 11 is 0. The molecule has 0 radical (unpaired) electrons. The molecule has 1 N–H and O–H groups in total. The van der Waals surface area contributed by atoms with Crippen LogP contribution in [0.25, 0.3) is 11.1 Å². The van der Waals surface area contributed by atoms with E-state index in [0.717, 1.165) is 11.1 Å². The van der Waals surface area contributed by atoms with Gasteiger partial charge < -0.3 is 19.7 Å². The predicted molar refractivity (Wildman–Crippen MR) is 64.0 cm³/mol. The third-order valence-electron chi connectivity index (χ3n) is 2.41. The van der Waals surface area contributed by atoms with Gasteiger partial charge in [-0.3, -0.25) is 0 Å². The Morgan fingerprint density at radius 2 is 1.50 bits per heavy atom. The Morgan fingerprint density at radius 3 is 2.00 bits per heavy atom. The third-order valence-corrected chi connectivity index (χ3v) is 2.41. The normalized spacial score (nSPS) is 10.0. The average molecular weight is 243 g/mol. The van der Waals surface area contributed by atoms with E-state index in [1.54, 1.807) is 36.4 Å². The number of hydrogen-bond donors (Lipinski definition) is 1. The summed E-state index contributed by atoms with van der Waals surface area (Å²) < 4.78 is 4.98. The van der Waals surface area contributed by atoms with Gasteiger partial charge in [0.2, 0.25) is 0 Å². The highest BCUT2D eigenvalue weighted by Crippen LogP contribution is 2.24. The fourth-order valence-electron chi connectivity index (χ4n) is 1.54. The third kappa shape index (κ3) is 3.01. The molecular weight excluding hydrogens is 232 g/mol. The van der Waals surface area contributed by atoms with Gasteiger partial charge in [0, 0.05) is 0 Å². The molecule has 0 bridgehead atoms. The van der Waals surface area contributed by atoms with Crippen LogP contribution < -0.4 is 9.84 Å². The van der Waals surface area contributed by atoms with Gasteiger partial charge in [0.15, 0.2) is 0 Å². The number of carboxylic acid groups (broad SMARTS) is 1. The second kappa shape index (κ2) is 5.23. The lowest BCUT2D eigenvalue weighted by Gasteiger charge is -2.07. The van der Waals surface area contributed by atoms with Crippen LogP contribution in [0.2, 0.25) is 0 Å². The van der Waals surface area contributed by atoms with E-state index in [1.807, 2.05) is 12.1 Å². The van der Waals surface area contributed by atoms with Crippen molar-refractivity contribution in [2.24, 2.45) is 0 Å².